The van der Waals surface area contributed by atoms with Gasteiger partial charge < -0.3 is 5.32 Å². The number of rotatable bonds is 4. The highest BCUT2D eigenvalue weighted by Gasteiger charge is 2.43. The van der Waals surface area contributed by atoms with E-state index in [2.05, 4.69) is 16.5 Å². The average Bonchev–Trinajstić information content (AvgIpc) is 3.21. The fraction of sp³-hybridized carbons (Fsp3) is 0.733. The molecule has 0 spiro atoms. The third kappa shape index (κ3) is 3.06. The summed E-state index contributed by atoms with van der Waals surface area (Å²) in [7, 11) is 0. The van der Waals surface area contributed by atoms with Crippen molar-refractivity contribution in [3.63, 3.8) is 0 Å². The SMILES string of the molecule is Cc1nn(C(C)(C)C)c(=O)n1CC(=O)N[C@](C)(C#N)C1CC1. The van der Waals surface area contributed by atoms with Crippen LogP contribution in [0.4, 0.5) is 0 Å². The summed E-state index contributed by atoms with van der Waals surface area (Å²) in [4.78, 5) is 24.6. The van der Waals surface area contributed by atoms with Gasteiger partial charge in [-0.15, -0.1) is 0 Å². The Bertz CT molecular complexity index is 684. The topological polar surface area (TPSA) is 92.7 Å². The lowest BCUT2D eigenvalue weighted by molar-refractivity contribution is -0.123. The van der Waals surface area contributed by atoms with E-state index in [1.807, 2.05) is 20.8 Å². The molecule has 0 radical (unpaired) electrons. The highest BCUT2D eigenvalue weighted by atomic mass is 16.2. The van der Waals surface area contributed by atoms with Gasteiger partial charge >= 0.3 is 5.69 Å². The van der Waals surface area contributed by atoms with Crippen LogP contribution in [0.1, 0.15) is 46.4 Å². The molecule has 22 heavy (non-hydrogen) atoms. The fourth-order valence-electron chi connectivity index (χ4n) is 2.47. The summed E-state index contributed by atoms with van der Waals surface area (Å²) >= 11 is 0. The van der Waals surface area contributed by atoms with Gasteiger partial charge in [0.25, 0.3) is 0 Å². The van der Waals surface area contributed by atoms with E-state index in [9.17, 15) is 14.9 Å². The second-order valence-electron chi connectivity index (χ2n) is 7.14. The first-order valence-electron chi connectivity index (χ1n) is 7.47. The van der Waals surface area contributed by atoms with Gasteiger partial charge in [0, 0.05) is 0 Å². The monoisotopic (exact) mass is 305 g/mol. The molecule has 0 aliphatic heterocycles. The van der Waals surface area contributed by atoms with Crippen molar-refractivity contribution in [2.24, 2.45) is 5.92 Å². The lowest BCUT2D eigenvalue weighted by atomic mass is 9.98. The highest BCUT2D eigenvalue weighted by molar-refractivity contribution is 5.77. The molecule has 1 aliphatic rings. The highest BCUT2D eigenvalue weighted by Crippen LogP contribution is 2.39. The number of carbonyl (C=O) groups is 1. The summed E-state index contributed by atoms with van der Waals surface area (Å²) in [6.45, 7) is 8.95. The van der Waals surface area contributed by atoms with Crippen LogP contribution in [0.3, 0.4) is 0 Å². The number of hydrogen-bond donors (Lipinski definition) is 1. The maximum atomic E-state index is 12.4. The zero-order valence-electron chi connectivity index (χ0n) is 13.8. The van der Waals surface area contributed by atoms with Crippen molar-refractivity contribution < 1.29 is 4.79 Å². The third-order valence-corrected chi connectivity index (χ3v) is 4.01. The fourth-order valence-corrected chi connectivity index (χ4v) is 2.47. The van der Waals surface area contributed by atoms with Gasteiger partial charge in [-0.25, -0.2) is 9.48 Å². The minimum Gasteiger partial charge on any atom is -0.336 e. The van der Waals surface area contributed by atoms with Crippen LogP contribution in [0.25, 0.3) is 0 Å². The summed E-state index contributed by atoms with van der Waals surface area (Å²) in [5, 5.41) is 16.3. The summed E-state index contributed by atoms with van der Waals surface area (Å²) < 4.78 is 2.71. The quantitative estimate of drug-likeness (QED) is 0.895. The van der Waals surface area contributed by atoms with Crippen LogP contribution in [0.2, 0.25) is 0 Å². The molecule has 1 aromatic rings. The molecule has 1 N–H and O–H groups in total. The smallest absolute Gasteiger partial charge is 0.336 e. The molecule has 0 saturated heterocycles. The molecule has 0 aromatic carbocycles. The maximum absolute atomic E-state index is 12.4. The first-order valence-corrected chi connectivity index (χ1v) is 7.47. The molecule has 7 nitrogen and oxygen atoms in total. The maximum Gasteiger partial charge on any atom is 0.346 e. The molecule has 1 aromatic heterocycles. The number of hydrogen-bond acceptors (Lipinski definition) is 4. The molecular formula is C15H23N5O2. The largest absolute Gasteiger partial charge is 0.346 e. The van der Waals surface area contributed by atoms with E-state index >= 15 is 0 Å². The molecular weight excluding hydrogens is 282 g/mol. The van der Waals surface area contributed by atoms with Crippen LogP contribution >= 0.6 is 0 Å². The molecule has 120 valence electrons. The molecule has 7 heteroatoms. The van der Waals surface area contributed by atoms with Gasteiger partial charge in [0.15, 0.2) is 0 Å². The van der Waals surface area contributed by atoms with Gasteiger partial charge in [-0.1, -0.05) is 0 Å². The number of nitriles is 1. The number of aromatic nitrogens is 3. The molecule has 1 atom stereocenters. The predicted molar refractivity (Wildman–Crippen MR) is 81.1 cm³/mol. The van der Waals surface area contributed by atoms with E-state index < -0.39 is 11.1 Å². The first kappa shape index (κ1) is 16.3. The van der Waals surface area contributed by atoms with Crippen LogP contribution in [0.15, 0.2) is 4.79 Å². The standard InChI is InChI=1S/C15H23N5O2/c1-10-18-20(14(2,3)4)13(22)19(10)8-12(21)17-15(5,9-16)11-6-7-11/h11H,6-8H2,1-5H3,(H,17,21)/t15-/m1/s1. The van der Waals surface area contributed by atoms with Crippen molar-refractivity contribution in [3.05, 3.63) is 16.3 Å². The minimum atomic E-state index is -0.853. The van der Waals surface area contributed by atoms with Crippen LogP contribution < -0.4 is 11.0 Å². The van der Waals surface area contributed by atoms with E-state index in [0.717, 1.165) is 12.8 Å². The Kier molecular flexibility index (Phi) is 3.90. The number of carbonyl (C=O) groups excluding carboxylic acids is 1. The van der Waals surface area contributed by atoms with Gasteiger partial charge in [-0.3, -0.25) is 9.36 Å². The van der Waals surface area contributed by atoms with Gasteiger partial charge in [0.2, 0.25) is 5.91 Å². The normalized spacial score (nSPS) is 17.6. The zero-order valence-corrected chi connectivity index (χ0v) is 13.8. The Morgan fingerprint density at radius 2 is 2.00 bits per heavy atom. The van der Waals surface area contributed by atoms with Gasteiger partial charge in [-0.2, -0.15) is 10.4 Å². The summed E-state index contributed by atoms with van der Waals surface area (Å²) in [5.74, 6) is 0.353. The van der Waals surface area contributed by atoms with E-state index in [1.54, 1.807) is 13.8 Å². The van der Waals surface area contributed by atoms with Crippen molar-refractivity contribution in [2.45, 2.75) is 65.1 Å². The number of amides is 1. The zero-order chi connectivity index (χ0) is 16.7. The second-order valence-corrected chi connectivity index (χ2v) is 7.14. The number of nitrogens with one attached hydrogen (secondary N) is 1. The lowest BCUT2D eigenvalue weighted by Crippen LogP contribution is -2.48. The third-order valence-electron chi connectivity index (χ3n) is 4.01. The Balaban J connectivity index is 2.18. The number of aryl methyl sites for hydroxylation is 1. The van der Waals surface area contributed by atoms with Crippen LogP contribution in [0.5, 0.6) is 0 Å². The molecule has 1 amide bonds. The van der Waals surface area contributed by atoms with Crippen molar-refractivity contribution in [2.75, 3.05) is 0 Å². The van der Waals surface area contributed by atoms with Gasteiger partial charge in [0.05, 0.1) is 11.6 Å². The van der Waals surface area contributed by atoms with Crippen molar-refractivity contribution >= 4 is 5.91 Å². The van der Waals surface area contributed by atoms with Crippen molar-refractivity contribution in [1.29, 1.82) is 5.26 Å². The Hall–Kier alpha value is -2.10. The summed E-state index contributed by atoms with van der Waals surface area (Å²) in [6, 6.07) is 2.18. The van der Waals surface area contributed by atoms with Crippen LogP contribution in [-0.4, -0.2) is 25.8 Å². The second kappa shape index (κ2) is 5.27. The molecule has 1 saturated carbocycles. The van der Waals surface area contributed by atoms with Crippen LogP contribution in [0, 0.1) is 24.2 Å². The summed E-state index contributed by atoms with van der Waals surface area (Å²) in [6.07, 6.45) is 1.90. The number of nitrogens with zero attached hydrogens (tertiary/aromatic N) is 4. The van der Waals surface area contributed by atoms with E-state index in [1.165, 1.54) is 9.25 Å². The Labute approximate surface area is 129 Å². The molecule has 0 bridgehead atoms. The first-order chi connectivity index (χ1) is 10.1. The predicted octanol–water partition coefficient (Wildman–Crippen LogP) is 0.917. The minimum absolute atomic E-state index is 0.120. The Morgan fingerprint density at radius 3 is 2.41 bits per heavy atom. The average molecular weight is 305 g/mol. The van der Waals surface area contributed by atoms with Gasteiger partial charge in [0.1, 0.15) is 17.9 Å². The molecule has 2 rings (SSSR count). The van der Waals surface area contributed by atoms with E-state index in [-0.39, 0.29) is 24.1 Å². The molecule has 0 unspecified atom stereocenters. The molecule has 1 heterocycles. The van der Waals surface area contributed by atoms with Crippen molar-refractivity contribution in [1.82, 2.24) is 19.7 Å². The van der Waals surface area contributed by atoms with E-state index in [0.29, 0.717) is 5.82 Å². The lowest BCUT2D eigenvalue weighted by Gasteiger charge is -2.22. The van der Waals surface area contributed by atoms with Gasteiger partial charge in [-0.05, 0) is 53.4 Å². The van der Waals surface area contributed by atoms with Crippen LogP contribution in [-0.2, 0) is 16.9 Å². The van der Waals surface area contributed by atoms with Crippen molar-refractivity contribution in [3.8, 4) is 6.07 Å². The summed E-state index contributed by atoms with van der Waals surface area (Å²) in [5.41, 5.74) is -1.61. The molecule has 1 aliphatic carbocycles. The van der Waals surface area contributed by atoms with E-state index in [4.69, 9.17) is 0 Å². The Morgan fingerprint density at radius 1 is 1.41 bits per heavy atom. The molecule has 1 fully saturated rings.